The van der Waals surface area contributed by atoms with E-state index in [2.05, 4.69) is 58.3 Å². The Balaban J connectivity index is 1.12. The topological polar surface area (TPSA) is 54.5 Å². The zero-order valence-corrected chi connectivity index (χ0v) is 19.7. The van der Waals surface area contributed by atoms with Gasteiger partial charge in [-0.1, -0.05) is 24.3 Å². The number of piperazine rings is 1. The summed E-state index contributed by atoms with van der Waals surface area (Å²) in [5.41, 5.74) is 4.20. The van der Waals surface area contributed by atoms with E-state index in [1.165, 1.54) is 11.3 Å². The molecule has 0 N–H and O–H groups in total. The molecule has 0 spiro atoms. The zero-order chi connectivity index (χ0) is 23.6. The maximum Gasteiger partial charge on any atom is 0.254 e. The van der Waals surface area contributed by atoms with Crippen molar-refractivity contribution in [2.75, 3.05) is 51.0 Å². The quantitative estimate of drug-likeness (QED) is 0.578. The lowest BCUT2D eigenvalue weighted by molar-refractivity contribution is 0.0733. The van der Waals surface area contributed by atoms with Crippen LogP contribution in [-0.4, -0.2) is 61.8 Å². The van der Waals surface area contributed by atoms with Gasteiger partial charge in [-0.15, -0.1) is 0 Å². The van der Waals surface area contributed by atoms with Gasteiger partial charge in [-0.2, -0.15) is 0 Å². The van der Waals surface area contributed by atoms with Gasteiger partial charge in [0, 0.05) is 56.1 Å². The van der Waals surface area contributed by atoms with Crippen molar-refractivity contribution in [3.8, 4) is 17.2 Å². The molecule has 1 fully saturated rings. The Morgan fingerprint density at radius 1 is 0.771 bits per heavy atom. The van der Waals surface area contributed by atoms with Crippen molar-refractivity contribution >= 4 is 11.6 Å². The summed E-state index contributed by atoms with van der Waals surface area (Å²) in [4.78, 5) is 20.1. The SMILES string of the molecule is O=C(c1ccc2c(c1)OCO2)N1CCOc2ccc(CN3CCN(c4ccccc4)CC3)cc2C1. The Kier molecular flexibility index (Phi) is 5.92. The number of amides is 1. The van der Waals surface area contributed by atoms with Gasteiger partial charge in [-0.3, -0.25) is 9.69 Å². The van der Waals surface area contributed by atoms with E-state index in [0.29, 0.717) is 36.8 Å². The fraction of sp³-hybridized carbons (Fsp3) is 0.321. The number of para-hydroxylation sites is 1. The predicted octanol–water partition coefficient (Wildman–Crippen LogP) is 3.77. The van der Waals surface area contributed by atoms with Crippen LogP contribution in [0, 0.1) is 0 Å². The molecule has 0 bridgehead atoms. The van der Waals surface area contributed by atoms with Crippen LogP contribution in [-0.2, 0) is 13.1 Å². The van der Waals surface area contributed by atoms with E-state index in [-0.39, 0.29) is 12.7 Å². The van der Waals surface area contributed by atoms with Crippen LogP contribution >= 0.6 is 0 Å². The highest BCUT2D eigenvalue weighted by atomic mass is 16.7. The van der Waals surface area contributed by atoms with Gasteiger partial charge in [-0.25, -0.2) is 0 Å². The van der Waals surface area contributed by atoms with Gasteiger partial charge in [0.25, 0.3) is 5.91 Å². The molecule has 3 aliphatic heterocycles. The molecule has 7 heteroatoms. The molecule has 0 radical (unpaired) electrons. The molecule has 0 atom stereocenters. The monoisotopic (exact) mass is 471 g/mol. The first-order valence-corrected chi connectivity index (χ1v) is 12.2. The molecule has 3 aromatic rings. The van der Waals surface area contributed by atoms with Crippen molar-refractivity contribution in [1.29, 1.82) is 0 Å². The van der Waals surface area contributed by atoms with E-state index >= 15 is 0 Å². The van der Waals surface area contributed by atoms with E-state index in [1.54, 1.807) is 18.2 Å². The van der Waals surface area contributed by atoms with Crippen molar-refractivity contribution < 1.29 is 19.0 Å². The van der Waals surface area contributed by atoms with Crippen LogP contribution in [0.1, 0.15) is 21.5 Å². The Morgan fingerprint density at radius 3 is 2.43 bits per heavy atom. The van der Waals surface area contributed by atoms with Gasteiger partial charge in [-0.05, 0) is 48.0 Å². The summed E-state index contributed by atoms with van der Waals surface area (Å²) >= 11 is 0. The number of benzene rings is 3. The maximum atomic E-state index is 13.3. The Morgan fingerprint density at radius 2 is 1.57 bits per heavy atom. The molecule has 6 rings (SSSR count). The van der Waals surface area contributed by atoms with Gasteiger partial charge in [0.1, 0.15) is 12.4 Å². The highest BCUT2D eigenvalue weighted by molar-refractivity contribution is 5.95. The lowest BCUT2D eigenvalue weighted by atomic mass is 10.1. The summed E-state index contributed by atoms with van der Waals surface area (Å²) in [5.74, 6) is 2.14. The first-order chi connectivity index (χ1) is 17.2. The van der Waals surface area contributed by atoms with Gasteiger partial charge < -0.3 is 24.0 Å². The summed E-state index contributed by atoms with van der Waals surface area (Å²) in [6.45, 7) is 6.73. The molecule has 7 nitrogen and oxygen atoms in total. The first kappa shape index (κ1) is 21.8. The smallest absolute Gasteiger partial charge is 0.254 e. The average Bonchev–Trinajstić information content (AvgIpc) is 3.27. The molecule has 0 aromatic heterocycles. The van der Waals surface area contributed by atoms with Gasteiger partial charge in [0.2, 0.25) is 6.79 Å². The predicted molar refractivity (Wildman–Crippen MR) is 133 cm³/mol. The second-order valence-corrected chi connectivity index (χ2v) is 9.18. The number of nitrogens with zero attached hydrogens (tertiary/aromatic N) is 3. The number of carbonyl (C=O) groups excluding carboxylic acids is 1. The lowest BCUT2D eigenvalue weighted by Gasteiger charge is -2.36. The van der Waals surface area contributed by atoms with Crippen molar-refractivity contribution in [2.24, 2.45) is 0 Å². The Hall–Kier alpha value is -3.71. The van der Waals surface area contributed by atoms with E-state index in [1.807, 2.05) is 4.90 Å². The maximum absolute atomic E-state index is 13.3. The molecule has 0 aliphatic carbocycles. The summed E-state index contributed by atoms with van der Waals surface area (Å²) in [6, 6.07) is 22.4. The Labute approximate surface area is 205 Å². The van der Waals surface area contributed by atoms with Gasteiger partial charge in [0.05, 0.1) is 6.54 Å². The number of hydrogen-bond acceptors (Lipinski definition) is 6. The summed E-state index contributed by atoms with van der Waals surface area (Å²) in [5, 5.41) is 0. The number of ether oxygens (including phenoxy) is 3. The van der Waals surface area contributed by atoms with Crippen molar-refractivity contribution in [3.05, 3.63) is 83.4 Å². The van der Waals surface area contributed by atoms with E-state index in [9.17, 15) is 4.79 Å². The molecule has 1 amide bonds. The van der Waals surface area contributed by atoms with Crippen LogP contribution in [0.5, 0.6) is 17.2 Å². The number of carbonyl (C=O) groups is 1. The molecular weight excluding hydrogens is 442 g/mol. The molecule has 0 saturated carbocycles. The Bertz CT molecular complexity index is 1210. The molecule has 180 valence electrons. The normalized spacial score (nSPS) is 17.5. The zero-order valence-electron chi connectivity index (χ0n) is 19.7. The van der Waals surface area contributed by atoms with Crippen LogP contribution in [0.4, 0.5) is 5.69 Å². The minimum Gasteiger partial charge on any atom is -0.491 e. The number of rotatable bonds is 4. The molecule has 1 saturated heterocycles. The van der Waals surface area contributed by atoms with Crippen LogP contribution in [0.25, 0.3) is 0 Å². The fourth-order valence-electron chi connectivity index (χ4n) is 4.99. The molecule has 3 aliphatic rings. The minimum absolute atomic E-state index is 0.0258. The highest BCUT2D eigenvalue weighted by Crippen LogP contribution is 2.33. The summed E-state index contributed by atoms with van der Waals surface area (Å²) < 4.78 is 16.8. The number of hydrogen-bond donors (Lipinski definition) is 0. The first-order valence-electron chi connectivity index (χ1n) is 12.2. The third-order valence-electron chi connectivity index (χ3n) is 6.91. The third kappa shape index (κ3) is 4.64. The second-order valence-electron chi connectivity index (χ2n) is 9.18. The van der Waals surface area contributed by atoms with Crippen LogP contribution in [0.3, 0.4) is 0 Å². The van der Waals surface area contributed by atoms with Crippen LogP contribution in [0.15, 0.2) is 66.7 Å². The minimum atomic E-state index is -0.0258. The van der Waals surface area contributed by atoms with Crippen LogP contribution < -0.4 is 19.1 Å². The molecule has 0 unspecified atom stereocenters. The molecular formula is C28H29N3O4. The number of anilines is 1. The summed E-state index contributed by atoms with van der Waals surface area (Å²) in [6.07, 6.45) is 0. The largest absolute Gasteiger partial charge is 0.491 e. The van der Waals surface area contributed by atoms with Crippen molar-refractivity contribution in [3.63, 3.8) is 0 Å². The molecule has 3 aromatic carbocycles. The second kappa shape index (κ2) is 9.50. The third-order valence-corrected chi connectivity index (χ3v) is 6.91. The lowest BCUT2D eigenvalue weighted by Crippen LogP contribution is -2.45. The standard InChI is InChI=1S/C28H29N3O4/c32-28(22-7-9-26-27(17-22)35-20-34-26)31-14-15-33-25-8-6-21(16-23(25)19-31)18-29-10-12-30(13-11-29)24-4-2-1-3-5-24/h1-9,16-17H,10-15,18-20H2. The number of fused-ring (bicyclic) bond motifs is 2. The molecule has 35 heavy (non-hydrogen) atoms. The highest BCUT2D eigenvalue weighted by Gasteiger charge is 2.24. The fourth-order valence-corrected chi connectivity index (χ4v) is 4.99. The van der Waals surface area contributed by atoms with Gasteiger partial charge in [0.15, 0.2) is 11.5 Å². The van der Waals surface area contributed by atoms with Crippen LogP contribution in [0.2, 0.25) is 0 Å². The molecule has 3 heterocycles. The van der Waals surface area contributed by atoms with Crippen molar-refractivity contribution in [1.82, 2.24) is 9.80 Å². The van der Waals surface area contributed by atoms with E-state index in [4.69, 9.17) is 14.2 Å². The average molecular weight is 472 g/mol. The van der Waals surface area contributed by atoms with Crippen molar-refractivity contribution in [2.45, 2.75) is 13.1 Å². The van der Waals surface area contributed by atoms with Gasteiger partial charge >= 0.3 is 0 Å². The summed E-state index contributed by atoms with van der Waals surface area (Å²) in [7, 11) is 0. The van der Waals surface area contributed by atoms with E-state index in [0.717, 1.165) is 44.0 Å². The van der Waals surface area contributed by atoms with E-state index < -0.39 is 0 Å².